The van der Waals surface area contributed by atoms with Crippen LogP contribution >= 0.6 is 0 Å². The molecule has 15 nitrogen and oxygen atoms in total. The third-order valence-electron chi connectivity index (χ3n) is 13.6. The molecule has 3 unspecified atom stereocenters. The van der Waals surface area contributed by atoms with Gasteiger partial charge in [0.05, 0.1) is 44.7 Å². The number of pyridine rings is 3. The number of benzene rings is 3. The van der Waals surface area contributed by atoms with Crippen LogP contribution < -0.4 is 16.7 Å². The molecule has 9 heterocycles. The summed E-state index contributed by atoms with van der Waals surface area (Å²) in [5.74, 6) is 20.9. The molecule has 374 valence electrons. The second-order valence-electron chi connectivity index (χ2n) is 19.3. The molecule has 6 aromatic heterocycles. The number of aromatic nitrogens is 9. The highest BCUT2D eigenvalue weighted by atomic mass is 16.5. The predicted molar refractivity (Wildman–Crippen MR) is 290 cm³/mol. The third kappa shape index (κ3) is 11.2. The van der Waals surface area contributed by atoms with Crippen molar-refractivity contribution < 1.29 is 9.84 Å². The van der Waals surface area contributed by atoms with E-state index in [1.165, 1.54) is 0 Å². The van der Waals surface area contributed by atoms with E-state index in [2.05, 4.69) is 65.3 Å². The first-order valence-electron chi connectivity index (χ1n) is 24.9. The van der Waals surface area contributed by atoms with Gasteiger partial charge < -0.3 is 14.7 Å². The van der Waals surface area contributed by atoms with Crippen molar-refractivity contribution in [3.05, 3.63) is 222 Å². The fourth-order valence-electron chi connectivity index (χ4n) is 9.40. The van der Waals surface area contributed by atoms with Crippen LogP contribution in [0, 0.1) is 53.9 Å². The Kier molecular flexibility index (Phi) is 14.5. The molecule has 3 aliphatic rings. The van der Waals surface area contributed by atoms with Crippen LogP contribution in [-0.4, -0.2) is 74.1 Å². The van der Waals surface area contributed by atoms with Crippen molar-refractivity contribution >= 4 is 32.7 Å². The van der Waals surface area contributed by atoms with Crippen LogP contribution in [0.2, 0.25) is 0 Å². The van der Waals surface area contributed by atoms with Gasteiger partial charge in [0, 0.05) is 80.8 Å². The molecule has 0 saturated heterocycles. The van der Waals surface area contributed by atoms with Crippen LogP contribution in [0.5, 0.6) is 0 Å². The molecular formula is C61H50N10O5. The van der Waals surface area contributed by atoms with Crippen molar-refractivity contribution in [3.8, 4) is 35.5 Å². The van der Waals surface area contributed by atoms with E-state index in [1.807, 2.05) is 102 Å². The lowest BCUT2D eigenvalue weighted by Crippen LogP contribution is -2.32. The number of aliphatic hydroxyl groups is 1. The highest BCUT2D eigenvalue weighted by Crippen LogP contribution is 2.29. The first-order chi connectivity index (χ1) is 36.9. The SMILES string of the molecule is CC(C)(O)C1Cc2nc3cc(C#Cc4ccccn4)ccc3c(=O)n2C1.COCCC1Cc2nc3cc(C#Cc4ccccn4)ccc3c(=O)n2C1.[C-]#[N+]C1Cc2nc3cc(C#Cc4ccccn4)ccc3c(=O)n2C1. The molecule has 0 fully saturated rings. The molecule has 0 amide bonds. The van der Waals surface area contributed by atoms with E-state index >= 15 is 0 Å². The summed E-state index contributed by atoms with van der Waals surface area (Å²) in [6.07, 6.45) is 8.00. The minimum atomic E-state index is -0.842. The first-order valence-corrected chi connectivity index (χ1v) is 24.9. The lowest BCUT2D eigenvalue weighted by molar-refractivity contribution is 0.0173. The number of fused-ring (bicyclic) bond motifs is 6. The summed E-state index contributed by atoms with van der Waals surface area (Å²) >= 11 is 0. The van der Waals surface area contributed by atoms with Crippen LogP contribution in [0.3, 0.4) is 0 Å². The van der Waals surface area contributed by atoms with Crippen molar-refractivity contribution in [2.75, 3.05) is 13.7 Å². The van der Waals surface area contributed by atoms with Crippen LogP contribution in [0.15, 0.2) is 142 Å². The van der Waals surface area contributed by atoms with E-state index in [0.717, 1.165) is 53.4 Å². The Morgan fingerprint density at radius 1 is 0.579 bits per heavy atom. The largest absolute Gasteiger partial charge is 0.390 e. The van der Waals surface area contributed by atoms with E-state index < -0.39 is 5.60 Å². The molecule has 15 heteroatoms. The van der Waals surface area contributed by atoms with Crippen molar-refractivity contribution in [2.45, 2.75) is 70.8 Å². The Bertz CT molecular complexity index is 4110. The molecule has 0 radical (unpaired) electrons. The van der Waals surface area contributed by atoms with Gasteiger partial charge in [-0.1, -0.05) is 36.0 Å². The van der Waals surface area contributed by atoms with Gasteiger partial charge in [0.25, 0.3) is 16.7 Å². The zero-order valence-corrected chi connectivity index (χ0v) is 42.1. The number of rotatable bonds is 4. The molecular weight excluding hydrogens is 953 g/mol. The number of ether oxygens (including phenoxy) is 1. The van der Waals surface area contributed by atoms with Gasteiger partial charge in [0.2, 0.25) is 6.04 Å². The molecule has 0 bridgehead atoms. The fraction of sp³-hybridized carbons (Fsp3) is 0.246. The lowest BCUT2D eigenvalue weighted by Gasteiger charge is -2.23. The van der Waals surface area contributed by atoms with Crippen molar-refractivity contribution in [3.63, 3.8) is 0 Å². The standard InChI is InChI=1S/2C21H19N3O2.C19H12N4O/c1-21(2,26)15-12-19-23-18-11-14(6-8-16-5-3-4-10-22-16)7-9-17(18)20(25)24(19)13-15;1-26-11-9-16-13-20-23-19-12-15(5-7-17-4-2-3-10-22-17)6-8-18(19)21(25)24(20)14-16;1-20-15-11-18-22-17-10-13(5-7-14-4-2-3-9-21-14)6-8-16(17)19(24)23(18)12-15/h3-5,7,9-11,15,26H,12-13H2,1-2H3;2-4,6,8,10,12,16H,9,11,13-14H2,1H3;2-4,6,8-10,15H,11-12H2. The summed E-state index contributed by atoms with van der Waals surface area (Å²) in [4.78, 5) is 68.1. The van der Waals surface area contributed by atoms with Gasteiger partial charge in [0.1, 0.15) is 41.1 Å². The normalized spacial score (nSPS) is 15.7. The molecule has 0 aliphatic carbocycles. The highest BCUT2D eigenvalue weighted by Gasteiger charge is 2.35. The van der Waals surface area contributed by atoms with E-state index in [0.29, 0.717) is 88.4 Å². The quantitative estimate of drug-likeness (QED) is 0.149. The topological polar surface area (TPSA) is 177 Å². The molecule has 12 rings (SSSR count). The molecule has 0 spiro atoms. The Morgan fingerprint density at radius 3 is 1.41 bits per heavy atom. The van der Waals surface area contributed by atoms with E-state index in [-0.39, 0.29) is 28.6 Å². The van der Waals surface area contributed by atoms with Gasteiger partial charge >= 0.3 is 0 Å². The second kappa shape index (κ2) is 22.0. The van der Waals surface area contributed by atoms with Crippen molar-refractivity contribution in [2.24, 2.45) is 11.8 Å². The van der Waals surface area contributed by atoms with Crippen LogP contribution in [-0.2, 0) is 43.6 Å². The maximum Gasteiger partial charge on any atom is 0.261 e. The van der Waals surface area contributed by atoms with Gasteiger partial charge in [-0.25, -0.2) is 36.5 Å². The zero-order chi connectivity index (χ0) is 52.8. The summed E-state index contributed by atoms with van der Waals surface area (Å²) in [6, 6.07) is 33.0. The number of methoxy groups -OCH3 is 1. The number of hydrogen-bond acceptors (Lipinski definition) is 11. The minimum absolute atomic E-state index is 0.0112. The third-order valence-corrected chi connectivity index (χ3v) is 13.6. The monoisotopic (exact) mass is 1000 g/mol. The Balaban J connectivity index is 0.000000130. The fourth-order valence-corrected chi connectivity index (χ4v) is 9.40. The molecule has 3 aromatic carbocycles. The molecule has 1 N–H and O–H groups in total. The van der Waals surface area contributed by atoms with Crippen LogP contribution in [0.1, 0.15) is 71.5 Å². The van der Waals surface area contributed by atoms with Crippen LogP contribution in [0.25, 0.3) is 37.6 Å². The van der Waals surface area contributed by atoms with Crippen LogP contribution in [0.4, 0.5) is 0 Å². The van der Waals surface area contributed by atoms with E-state index in [1.54, 1.807) is 60.8 Å². The molecule has 3 atom stereocenters. The summed E-state index contributed by atoms with van der Waals surface area (Å²) in [5, 5.41) is 12.1. The predicted octanol–water partition coefficient (Wildman–Crippen LogP) is 6.57. The molecule has 76 heavy (non-hydrogen) atoms. The maximum atomic E-state index is 12.8. The van der Waals surface area contributed by atoms with Gasteiger partial charge in [0.15, 0.2) is 0 Å². The smallest absolute Gasteiger partial charge is 0.261 e. The Hall–Kier alpha value is -9.38. The summed E-state index contributed by atoms with van der Waals surface area (Å²) in [6.45, 7) is 13.1. The van der Waals surface area contributed by atoms with E-state index in [9.17, 15) is 19.5 Å². The molecule has 9 aromatic rings. The Morgan fingerprint density at radius 2 is 1.00 bits per heavy atom. The molecule has 3 aliphatic heterocycles. The lowest BCUT2D eigenvalue weighted by atomic mass is 9.90. The Labute approximate surface area is 437 Å². The van der Waals surface area contributed by atoms with Gasteiger partial charge in [-0.05, 0) is 135 Å². The molecule has 0 saturated carbocycles. The maximum absolute atomic E-state index is 12.8. The first kappa shape index (κ1) is 50.2. The van der Waals surface area contributed by atoms with Gasteiger partial charge in [-0.2, -0.15) is 0 Å². The van der Waals surface area contributed by atoms with Crippen molar-refractivity contribution in [1.82, 2.24) is 43.6 Å². The summed E-state index contributed by atoms with van der Waals surface area (Å²) in [7, 11) is 1.70. The number of nitrogens with zero attached hydrogens (tertiary/aromatic N) is 10. The number of hydrogen-bond donors (Lipinski definition) is 1. The van der Waals surface area contributed by atoms with Gasteiger partial charge in [-0.15, -0.1) is 0 Å². The zero-order valence-electron chi connectivity index (χ0n) is 42.1. The van der Waals surface area contributed by atoms with Gasteiger partial charge in [-0.3, -0.25) is 28.1 Å². The van der Waals surface area contributed by atoms with Crippen molar-refractivity contribution in [1.29, 1.82) is 0 Å². The average Bonchev–Trinajstić information content (AvgIpc) is 4.21. The minimum Gasteiger partial charge on any atom is -0.390 e. The summed E-state index contributed by atoms with van der Waals surface area (Å²) in [5.41, 5.74) is 5.55. The van der Waals surface area contributed by atoms with E-state index in [4.69, 9.17) is 16.3 Å². The second-order valence-corrected chi connectivity index (χ2v) is 19.3. The summed E-state index contributed by atoms with van der Waals surface area (Å²) < 4.78 is 10.3. The highest BCUT2D eigenvalue weighted by molar-refractivity contribution is 5.81. The average molecular weight is 1000 g/mol.